The van der Waals surface area contributed by atoms with Crippen molar-refractivity contribution in [1.82, 2.24) is 49.2 Å². The second kappa shape index (κ2) is 31.3. The Kier molecular flexibility index (Phi) is 27.7. The fraction of sp³-hybridized carbons (Fsp3) is 0.271. The van der Waals surface area contributed by atoms with Crippen LogP contribution in [0.15, 0.2) is 128 Å². The fourth-order valence-corrected chi connectivity index (χ4v) is 5.27. The third-order valence-corrected chi connectivity index (χ3v) is 10.0. The van der Waals surface area contributed by atoms with Crippen LogP contribution in [0.2, 0.25) is 10.4 Å². The molecule has 0 aromatic carbocycles. The molecule has 77 heavy (non-hydrogen) atoms. The van der Waals surface area contributed by atoms with E-state index in [1.165, 1.54) is 53.1 Å². The number of aromatic nitrogens is 10. The van der Waals surface area contributed by atoms with Crippen molar-refractivity contribution in [3.8, 4) is 0 Å². The molecule has 11 nitrogen and oxygen atoms in total. The maximum Gasteiger partial charge on any atom is 0.433 e. The van der Waals surface area contributed by atoms with E-state index in [0.29, 0.717) is 10.4 Å². The van der Waals surface area contributed by atoms with Crippen LogP contribution in [0, 0.1) is 55.4 Å². The molecule has 0 spiro atoms. The first-order valence-electron chi connectivity index (χ1n) is 21.0. The number of hydrogen-bond donors (Lipinski definition) is 0. The molecule has 8 heterocycles. The molecule has 8 rings (SSSR count). The zero-order valence-corrected chi connectivity index (χ0v) is 43.5. The Morgan fingerprint density at radius 3 is 1.21 bits per heavy atom. The molecular formula is C48H44Cl3F15N10O. The van der Waals surface area contributed by atoms with Gasteiger partial charge in [0.2, 0.25) is 0 Å². The van der Waals surface area contributed by atoms with Gasteiger partial charge in [-0.25, -0.2) is 24.9 Å². The van der Waals surface area contributed by atoms with Gasteiger partial charge in [-0.1, -0.05) is 17.7 Å². The molecule has 29 heteroatoms. The monoisotopic (exact) mass is 1170 g/mol. The van der Waals surface area contributed by atoms with E-state index in [0.717, 1.165) is 72.6 Å². The van der Waals surface area contributed by atoms with Crippen LogP contribution in [0.4, 0.5) is 65.9 Å². The summed E-state index contributed by atoms with van der Waals surface area (Å²) in [7, 11) is 0. The lowest BCUT2D eigenvalue weighted by Gasteiger charge is -2.07. The molecule has 0 amide bonds. The fourth-order valence-electron chi connectivity index (χ4n) is 4.91. The Morgan fingerprint density at radius 2 is 0.935 bits per heavy atom. The minimum Gasteiger partial charge on any atom is -0.453 e. The smallest absolute Gasteiger partial charge is 0.433 e. The second-order valence-corrected chi connectivity index (χ2v) is 16.0. The lowest BCUT2D eigenvalue weighted by Crippen LogP contribution is -2.10. The molecule has 418 valence electrons. The van der Waals surface area contributed by atoms with Gasteiger partial charge in [-0.2, -0.15) is 76.1 Å². The van der Waals surface area contributed by atoms with Crippen molar-refractivity contribution in [2.24, 2.45) is 0 Å². The van der Waals surface area contributed by atoms with Gasteiger partial charge in [-0.3, -0.25) is 14.1 Å². The van der Waals surface area contributed by atoms with E-state index in [1.54, 1.807) is 22.7 Å². The van der Waals surface area contributed by atoms with Crippen LogP contribution < -0.4 is 0 Å². The van der Waals surface area contributed by atoms with Gasteiger partial charge in [0.25, 0.3) is 0 Å². The summed E-state index contributed by atoms with van der Waals surface area (Å²) in [6.45, 7) is 12.5. The lowest BCUT2D eigenvalue weighted by molar-refractivity contribution is -0.142. The minimum absolute atomic E-state index is 0.0417. The largest absolute Gasteiger partial charge is 0.453 e. The summed E-state index contributed by atoms with van der Waals surface area (Å²) >= 11 is 16.6. The Morgan fingerprint density at radius 1 is 0.442 bits per heavy atom. The van der Waals surface area contributed by atoms with Crippen molar-refractivity contribution in [1.29, 1.82) is 0 Å². The number of alkyl halides is 15. The van der Waals surface area contributed by atoms with Gasteiger partial charge in [0.05, 0.1) is 34.8 Å². The first-order chi connectivity index (χ1) is 35.5. The van der Waals surface area contributed by atoms with Gasteiger partial charge in [-0.05, 0) is 137 Å². The summed E-state index contributed by atoms with van der Waals surface area (Å²) in [4.78, 5) is 23.9. The number of aryl methyl sites for hydroxylation is 8. The molecule has 0 fully saturated rings. The maximum absolute atomic E-state index is 12.0. The van der Waals surface area contributed by atoms with E-state index in [4.69, 9.17) is 39.4 Å². The quantitative estimate of drug-likeness (QED) is 0.107. The summed E-state index contributed by atoms with van der Waals surface area (Å²) in [6, 6.07) is 12.7. The highest BCUT2D eigenvalue weighted by Gasteiger charge is 2.36. The summed E-state index contributed by atoms with van der Waals surface area (Å²) in [5.74, 6) is 0. The summed E-state index contributed by atoms with van der Waals surface area (Å²) in [5, 5.41) is 7.66. The van der Waals surface area contributed by atoms with Crippen molar-refractivity contribution >= 4 is 35.0 Å². The number of furan rings is 1. The molecule has 0 saturated carbocycles. The molecule has 0 N–H and O–H groups in total. The molecule has 0 atom stereocenters. The zero-order chi connectivity index (χ0) is 59.0. The minimum atomic E-state index is -4.37. The van der Waals surface area contributed by atoms with Crippen LogP contribution in [0.1, 0.15) is 72.8 Å². The molecule has 8 aromatic rings. The average Bonchev–Trinajstić information content (AvgIpc) is 3.90. The highest BCUT2D eigenvalue weighted by molar-refractivity contribution is 6.30. The predicted octanol–water partition coefficient (Wildman–Crippen LogP) is 16.3. The van der Waals surface area contributed by atoms with E-state index in [2.05, 4.69) is 45.1 Å². The van der Waals surface area contributed by atoms with E-state index >= 15 is 0 Å². The van der Waals surface area contributed by atoms with Gasteiger partial charge in [0, 0.05) is 72.6 Å². The lowest BCUT2D eigenvalue weighted by atomic mass is 10.1. The standard InChI is InChI=1S/2C7H6F3N.C6H6ClN.3C6H5F3N2.C5H6ClN.C5H5ClO/c1-5-4-11-3-2-6(5)7(8,9)10;1-5-2-3-11-4-6(5)7(8,9)10;1-5-3-2-4-8-6(5)7;2*1-4-2-10-3-11-5(4)6(7,8)9;1-4-5(6(7,8)9)2-3-10-11-4;1-5-3-2-4-7(5)6;1-4-2-3-7-5(4)6/h2*2-4H,1H3;2-4H,1H3;3*2-3H,1H3;2-4H,1H3;2-3H,1H3. The number of nitrogens with zero attached hydrogens (tertiary/aromatic N) is 10. The molecule has 0 bridgehead atoms. The van der Waals surface area contributed by atoms with Crippen LogP contribution in [0.25, 0.3) is 0 Å². The molecule has 8 aromatic heterocycles. The SMILES string of the molecule is Cc1cccn1Cl.Cc1cccnc1Cl.Cc1ccncc1C(F)(F)F.Cc1ccoc1Cl.Cc1cnccc1C(F)(F)F.Cc1cncnc1C(F)(F)F.Cc1cncnc1C(F)(F)F.Cc1nnccc1C(F)(F)F. The van der Waals surface area contributed by atoms with Crippen LogP contribution in [0.5, 0.6) is 0 Å². The number of rotatable bonds is 0. The maximum atomic E-state index is 12.0. The highest BCUT2D eigenvalue weighted by atomic mass is 35.5. The van der Waals surface area contributed by atoms with Crippen molar-refractivity contribution in [2.75, 3.05) is 0 Å². The first kappa shape index (κ1) is 68.1. The van der Waals surface area contributed by atoms with E-state index < -0.39 is 59.0 Å². The van der Waals surface area contributed by atoms with Crippen LogP contribution in [-0.2, 0) is 30.9 Å². The van der Waals surface area contributed by atoms with Gasteiger partial charge >= 0.3 is 30.9 Å². The normalized spacial score (nSPS) is 11.0. The van der Waals surface area contributed by atoms with Crippen molar-refractivity contribution in [3.63, 3.8) is 0 Å². The zero-order valence-electron chi connectivity index (χ0n) is 41.2. The molecule has 0 radical (unpaired) electrons. The Hall–Kier alpha value is -6.93. The second-order valence-electron chi connectivity index (χ2n) is 15.0. The Bertz CT molecular complexity index is 2570. The van der Waals surface area contributed by atoms with Crippen molar-refractivity contribution in [2.45, 2.75) is 86.3 Å². The third-order valence-electron chi connectivity index (χ3n) is 8.84. The van der Waals surface area contributed by atoms with Gasteiger partial charge < -0.3 is 4.42 Å². The highest BCUT2D eigenvalue weighted by Crippen LogP contribution is 2.33. The Balaban J connectivity index is 0.000000442. The molecule has 0 saturated heterocycles. The summed E-state index contributed by atoms with van der Waals surface area (Å²) in [5.41, 5.74) is -0.329. The van der Waals surface area contributed by atoms with Crippen LogP contribution in [0.3, 0.4) is 0 Å². The first-order valence-corrected chi connectivity index (χ1v) is 22.1. The molecular weight excluding hydrogens is 1120 g/mol. The third kappa shape index (κ3) is 26.1. The van der Waals surface area contributed by atoms with E-state index in [9.17, 15) is 65.9 Å². The predicted molar refractivity (Wildman–Crippen MR) is 256 cm³/mol. The molecule has 0 aliphatic carbocycles. The summed E-state index contributed by atoms with van der Waals surface area (Å²) < 4.78 is 186. The molecule has 0 unspecified atom stereocenters. The number of halogens is 18. The van der Waals surface area contributed by atoms with Gasteiger partial charge in [0.15, 0.2) is 16.6 Å². The van der Waals surface area contributed by atoms with E-state index in [1.807, 2.05) is 51.1 Å². The Labute approximate surface area is 445 Å². The van der Waals surface area contributed by atoms with Crippen molar-refractivity contribution in [3.05, 3.63) is 206 Å². The molecule has 0 aliphatic rings. The van der Waals surface area contributed by atoms with Crippen LogP contribution >= 0.6 is 35.0 Å². The van der Waals surface area contributed by atoms with E-state index in [-0.39, 0.29) is 27.9 Å². The van der Waals surface area contributed by atoms with Gasteiger partial charge in [0.1, 0.15) is 17.8 Å². The number of pyridine rings is 3. The number of hydrogen-bond acceptors (Lipinski definition) is 10. The van der Waals surface area contributed by atoms with Crippen LogP contribution in [-0.4, -0.2) is 49.2 Å². The summed E-state index contributed by atoms with van der Waals surface area (Å²) in [6.07, 6.45) is -6.99. The average molecular weight is 1170 g/mol. The van der Waals surface area contributed by atoms with Crippen molar-refractivity contribution < 1.29 is 70.3 Å². The topological polar surface area (TPSA) is 134 Å². The molecule has 0 aliphatic heterocycles. The van der Waals surface area contributed by atoms with Gasteiger partial charge in [-0.15, -0.1) is 0 Å².